The second kappa shape index (κ2) is 8.53. The summed E-state index contributed by atoms with van der Waals surface area (Å²) in [7, 11) is 1.68. The van der Waals surface area contributed by atoms with Crippen LogP contribution in [0.3, 0.4) is 0 Å². The Kier molecular flexibility index (Phi) is 8.75. The van der Waals surface area contributed by atoms with Gasteiger partial charge in [0, 0.05) is 7.11 Å². The fourth-order valence-electron chi connectivity index (χ4n) is 1.28. The minimum atomic E-state index is -0.493. The largest absolute Gasteiger partial charge is 0.354 e. The summed E-state index contributed by atoms with van der Waals surface area (Å²) in [6.07, 6.45) is 7.05. The van der Waals surface area contributed by atoms with Gasteiger partial charge in [0.1, 0.15) is 0 Å². The van der Waals surface area contributed by atoms with Gasteiger partial charge in [-0.1, -0.05) is 48.8 Å². The van der Waals surface area contributed by atoms with Crippen LogP contribution >= 0.6 is 22.6 Å². The predicted octanol–water partition coefficient (Wildman–Crippen LogP) is 4.28. The van der Waals surface area contributed by atoms with E-state index in [1.165, 1.54) is 19.3 Å². The average Bonchev–Trinajstić information content (AvgIpc) is 2.18. The molecule has 0 aliphatic rings. The number of rotatable bonds is 8. The molecule has 0 aromatic carbocycles. The van der Waals surface area contributed by atoms with E-state index in [2.05, 4.69) is 35.6 Å². The van der Waals surface area contributed by atoms with Crippen LogP contribution < -0.4 is 0 Å². The third kappa shape index (κ3) is 8.22. The summed E-state index contributed by atoms with van der Waals surface area (Å²) < 4.78 is 13.1. The van der Waals surface area contributed by atoms with Gasteiger partial charge in [-0.25, -0.2) is 0 Å². The maximum atomic E-state index is 5.86. The van der Waals surface area contributed by atoms with Crippen molar-refractivity contribution in [1.29, 1.82) is 0 Å². The van der Waals surface area contributed by atoms with Crippen LogP contribution in [-0.2, 0) is 9.47 Å². The molecule has 0 unspecified atom stereocenters. The molecule has 0 rings (SSSR count). The lowest BCUT2D eigenvalue weighted by Crippen LogP contribution is -2.31. The third-order valence-electron chi connectivity index (χ3n) is 2.31. The van der Waals surface area contributed by atoms with Gasteiger partial charge < -0.3 is 9.47 Å². The molecule has 0 aliphatic carbocycles. The summed E-state index contributed by atoms with van der Waals surface area (Å²) in [5.74, 6) is -0.493. The molecule has 0 aliphatic heterocycles. The van der Waals surface area contributed by atoms with Crippen molar-refractivity contribution >= 4 is 22.6 Å². The molecule has 0 fully saturated rings. The lowest BCUT2D eigenvalue weighted by atomic mass is 10.1. The Morgan fingerprint density at radius 2 is 2.00 bits per heavy atom. The van der Waals surface area contributed by atoms with Gasteiger partial charge in [0.15, 0.2) is 5.79 Å². The number of halogens is 1. The second-order valence-corrected chi connectivity index (χ2v) is 4.79. The molecule has 0 heterocycles. The van der Waals surface area contributed by atoms with Gasteiger partial charge in [0.2, 0.25) is 0 Å². The normalized spacial score (nSPS) is 14.7. The number of ether oxygens (including phenoxy) is 2. The molecule has 0 N–H and O–H groups in total. The van der Waals surface area contributed by atoms with E-state index in [0.29, 0.717) is 0 Å². The molecule has 90 valence electrons. The number of methoxy groups -OCH3 is 1. The van der Waals surface area contributed by atoms with Crippen LogP contribution in [-0.4, -0.2) is 19.0 Å². The zero-order valence-corrected chi connectivity index (χ0v) is 12.4. The Balaban J connectivity index is 4.03. The van der Waals surface area contributed by atoms with Crippen LogP contribution in [0, 0.1) is 0 Å². The molecule has 0 saturated heterocycles. The van der Waals surface area contributed by atoms with E-state index in [-0.39, 0.29) is 6.10 Å². The standard InChI is InChI=1S/C12H23IO2/c1-5-6-7-8-11(9-10-13)15-12(2,3)14-4/h9-11H,5-8H2,1-4H3/b10-9-/t11-/m0/s1. The van der Waals surface area contributed by atoms with Gasteiger partial charge in [-0.3, -0.25) is 0 Å². The first kappa shape index (κ1) is 15.4. The van der Waals surface area contributed by atoms with Crippen molar-refractivity contribution in [1.82, 2.24) is 0 Å². The molecular weight excluding hydrogens is 303 g/mol. The summed E-state index contributed by atoms with van der Waals surface area (Å²) >= 11 is 2.23. The number of hydrogen-bond donors (Lipinski definition) is 0. The zero-order valence-electron chi connectivity index (χ0n) is 10.3. The Morgan fingerprint density at radius 3 is 2.47 bits per heavy atom. The summed E-state index contributed by atoms with van der Waals surface area (Å²) in [6, 6.07) is 0. The van der Waals surface area contributed by atoms with E-state index >= 15 is 0 Å². The first-order chi connectivity index (χ1) is 7.05. The highest BCUT2D eigenvalue weighted by Gasteiger charge is 2.21. The molecule has 1 atom stereocenters. The summed E-state index contributed by atoms with van der Waals surface area (Å²) in [5.41, 5.74) is 0. The van der Waals surface area contributed by atoms with Gasteiger partial charge >= 0.3 is 0 Å². The van der Waals surface area contributed by atoms with Crippen LogP contribution in [0.2, 0.25) is 0 Å². The topological polar surface area (TPSA) is 18.5 Å². The molecule has 15 heavy (non-hydrogen) atoms. The van der Waals surface area contributed by atoms with Gasteiger partial charge in [-0.2, -0.15) is 0 Å². The Morgan fingerprint density at radius 1 is 1.33 bits per heavy atom. The lowest BCUT2D eigenvalue weighted by molar-refractivity contribution is -0.214. The van der Waals surface area contributed by atoms with Crippen molar-refractivity contribution in [2.24, 2.45) is 0 Å². The van der Waals surface area contributed by atoms with Crippen LogP contribution in [0.4, 0.5) is 0 Å². The summed E-state index contributed by atoms with van der Waals surface area (Å²) in [5, 5.41) is 0. The van der Waals surface area contributed by atoms with E-state index in [4.69, 9.17) is 9.47 Å². The Bertz CT molecular complexity index is 178. The van der Waals surface area contributed by atoms with Crippen molar-refractivity contribution in [3.05, 3.63) is 10.2 Å². The first-order valence-corrected chi connectivity index (χ1v) is 6.80. The van der Waals surface area contributed by atoms with Crippen LogP contribution in [0.1, 0.15) is 46.5 Å². The number of unbranched alkanes of at least 4 members (excludes halogenated alkanes) is 2. The van der Waals surface area contributed by atoms with Crippen molar-refractivity contribution in [2.75, 3.05) is 7.11 Å². The van der Waals surface area contributed by atoms with Crippen molar-refractivity contribution in [2.45, 2.75) is 58.3 Å². The molecule has 2 nitrogen and oxygen atoms in total. The highest BCUT2D eigenvalue weighted by atomic mass is 127. The Labute approximate surface area is 108 Å². The number of hydrogen-bond acceptors (Lipinski definition) is 2. The molecule has 0 spiro atoms. The van der Waals surface area contributed by atoms with Gasteiger partial charge in [-0.05, 0) is 30.4 Å². The smallest absolute Gasteiger partial charge is 0.163 e. The SMILES string of the molecule is CCCCC[C@@H](/C=C\I)OC(C)(C)OC. The molecule has 0 aromatic heterocycles. The lowest BCUT2D eigenvalue weighted by Gasteiger charge is -2.28. The van der Waals surface area contributed by atoms with Gasteiger partial charge in [-0.15, -0.1) is 0 Å². The van der Waals surface area contributed by atoms with E-state index in [9.17, 15) is 0 Å². The van der Waals surface area contributed by atoms with Crippen LogP contribution in [0.25, 0.3) is 0 Å². The van der Waals surface area contributed by atoms with E-state index in [1.54, 1.807) is 7.11 Å². The molecule has 0 aromatic rings. The molecule has 0 saturated carbocycles. The van der Waals surface area contributed by atoms with E-state index in [1.807, 2.05) is 17.9 Å². The molecule has 0 radical (unpaired) electrons. The maximum Gasteiger partial charge on any atom is 0.163 e. The third-order valence-corrected chi connectivity index (χ3v) is 2.72. The second-order valence-electron chi connectivity index (χ2n) is 4.07. The van der Waals surface area contributed by atoms with E-state index < -0.39 is 5.79 Å². The fraction of sp³-hybridized carbons (Fsp3) is 0.833. The fourth-order valence-corrected chi connectivity index (χ4v) is 1.75. The molecule has 0 bridgehead atoms. The molecule has 3 heteroatoms. The maximum absolute atomic E-state index is 5.86. The van der Waals surface area contributed by atoms with Crippen LogP contribution in [0.15, 0.2) is 10.2 Å². The van der Waals surface area contributed by atoms with Gasteiger partial charge in [0.25, 0.3) is 0 Å². The highest BCUT2D eigenvalue weighted by molar-refractivity contribution is 14.1. The van der Waals surface area contributed by atoms with Crippen molar-refractivity contribution in [3.63, 3.8) is 0 Å². The Hall–Kier alpha value is 0.390. The minimum Gasteiger partial charge on any atom is -0.354 e. The highest BCUT2D eigenvalue weighted by Crippen LogP contribution is 2.18. The summed E-state index contributed by atoms with van der Waals surface area (Å²) in [4.78, 5) is 0. The molecular formula is C12H23IO2. The zero-order chi connectivity index (χ0) is 11.7. The van der Waals surface area contributed by atoms with Crippen LogP contribution in [0.5, 0.6) is 0 Å². The van der Waals surface area contributed by atoms with E-state index in [0.717, 1.165) is 6.42 Å². The minimum absolute atomic E-state index is 0.170. The van der Waals surface area contributed by atoms with Gasteiger partial charge in [0.05, 0.1) is 6.10 Å². The average molecular weight is 326 g/mol. The van der Waals surface area contributed by atoms with Crippen molar-refractivity contribution in [3.8, 4) is 0 Å². The molecule has 0 amide bonds. The quantitative estimate of drug-likeness (QED) is 0.376. The monoisotopic (exact) mass is 326 g/mol. The first-order valence-electron chi connectivity index (χ1n) is 5.55. The predicted molar refractivity (Wildman–Crippen MR) is 73.3 cm³/mol. The summed E-state index contributed by atoms with van der Waals surface area (Å²) in [6.45, 7) is 6.10. The van der Waals surface area contributed by atoms with Crippen molar-refractivity contribution < 1.29 is 9.47 Å².